The highest BCUT2D eigenvalue weighted by molar-refractivity contribution is 5.76. The van der Waals surface area contributed by atoms with Crippen LogP contribution in [0, 0.1) is 6.92 Å². The Morgan fingerprint density at radius 1 is 1.44 bits per heavy atom. The van der Waals surface area contributed by atoms with Crippen molar-refractivity contribution in [3.05, 3.63) is 29.3 Å². The van der Waals surface area contributed by atoms with Gasteiger partial charge in [-0.2, -0.15) is 0 Å². The predicted octanol–water partition coefficient (Wildman–Crippen LogP) is 2.81. The van der Waals surface area contributed by atoms with Gasteiger partial charge in [-0.1, -0.05) is 0 Å². The molecule has 1 fully saturated rings. The fourth-order valence-corrected chi connectivity index (χ4v) is 2.54. The minimum Gasteiger partial charge on any atom is -0.376 e. The number of benzene rings is 1. The van der Waals surface area contributed by atoms with E-state index >= 15 is 0 Å². The molecule has 0 radical (unpaired) electrons. The second-order valence-corrected chi connectivity index (χ2v) is 5.03. The first-order chi connectivity index (χ1) is 8.70. The normalized spacial score (nSPS) is 19.6. The first kappa shape index (κ1) is 13.1. The predicted molar refractivity (Wildman–Crippen MR) is 73.4 cm³/mol. The third-order valence-corrected chi connectivity index (χ3v) is 3.52. The zero-order valence-corrected chi connectivity index (χ0v) is 11.2. The molecule has 0 amide bonds. The molecule has 1 unspecified atom stereocenters. The molecule has 3 heteroatoms. The lowest BCUT2D eigenvalue weighted by molar-refractivity contribution is 0.0216. The summed E-state index contributed by atoms with van der Waals surface area (Å²) in [7, 11) is 2.08. The van der Waals surface area contributed by atoms with Crippen molar-refractivity contribution < 1.29 is 9.53 Å². The number of carbonyl (C=O) groups excluding carboxylic acids is 1. The molecule has 0 spiro atoms. The number of hydrogen-bond donors (Lipinski definition) is 0. The molecule has 1 saturated heterocycles. The van der Waals surface area contributed by atoms with Crippen molar-refractivity contribution in [3.8, 4) is 0 Å². The van der Waals surface area contributed by atoms with Gasteiger partial charge in [0.15, 0.2) is 0 Å². The van der Waals surface area contributed by atoms with Gasteiger partial charge in [0, 0.05) is 31.5 Å². The van der Waals surface area contributed by atoms with E-state index in [1.807, 2.05) is 25.1 Å². The van der Waals surface area contributed by atoms with Crippen LogP contribution in [0.15, 0.2) is 18.2 Å². The second kappa shape index (κ2) is 6.01. The van der Waals surface area contributed by atoms with Crippen LogP contribution in [0.1, 0.15) is 35.2 Å². The quantitative estimate of drug-likeness (QED) is 0.766. The summed E-state index contributed by atoms with van der Waals surface area (Å²) in [6.45, 7) is 3.85. The summed E-state index contributed by atoms with van der Waals surface area (Å²) >= 11 is 0. The van der Waals surface area contributed by atoms with Crippen LogP contribution in [0.25, 0.3) is 0 Å². The molecule has 0 bridgehead atoms. The lowest BCUT2D eigenvalue weighted by atomic mass is 10.1. The molecule has 98 valence electrons. The van der Waals surface area contributed by atoms with Gasteiger partial charge in [0.1, 0.15) is 6.29 Å². The van der Waals surface area contributed by atoms with Crippen molar-refractivity contribution in [3.63, 3.8) is 0 Å². The van der Waals surface area contributed by atoms with Crippen molar-refractivity contribution in [2.24, 2.45) is 0 Å². The van der Waals surface area contributed by atoms with Crippen LogP contribution in [-0.2, 0) is 4.74 Å². The van der Waals surface area contributed by atoms with E-state index < -0.39 is 0 Å². The Morgan fingerprint density at radius 2 is 2.28 bits per heavy atom. The van der Waals surface area contributed by atoms with Gasteiger partial charge in [-0.25, -0.2) is 0 Å². The molecule has 0 aliphatic carbocycles. The fourth-order valence-electron chi connectivity index (χ4n) is 2.54. The zero-order chi connectivity index (χ0) is 13.0. The summed E-state index contributed by atoms with van der Waals surface area (Å²) in [6, 6.07) is 5.82. The van der Waals surface area contributed by atoms with Crippen molar-refractivity contribution in [2.45, 2.75) is 32.3 Å². The molecule has 1 aliphatic rings. The average molecular weight is 247 g/mol. The van der Waals surface area contributed by atoms with Crippen molar-refractivity contribution in [2.75, 3.05) is 25.1 Å². The van der Waals surface area contributed by atoms with Gasteiger partial charge in [-0.3, -0.25) is 4.79 Å². The summed E-state index contributed by atoms with van der Waals surface area (Å²) in [5.74, 6) is 0. The topological polar surface area (TPSA) is 29.5 Å². The highest BCUT2D eigenvalue weighted by Gasteiger charge is 2.16. The van der Waals surface area contributed by atoms with Crippen LogP contribution in [-0.4, -0.2) is 32.6 Å². The summed E-state index contributed by atoms with van der Waals surface area (Å²) in [4.78, 5) is 12.9. The molecule has 2 rings (SSSR count). The lowest BCUT2D eigenvalue weighted by Crippen LogP contribution is -2.33. The minimum atomic E-state index is 0.342. The Morgan fingerprint density at radius 3 is 2.89 bits per heavy atom. The van der Waals surface area contributed by atoms with Gasteiger partial charge in [-0.15, -0.1) is 0 Å². The Balaban J connectivity index is 2.03. The van der Waals surface area contributed by atoms with E-state index in [9.17, 15) is 4.79 Å². The number of anilines is 1. The fraction of sp³-hybridized carbons (Fsp3) is 0.533. The number of aryl methyl sites for hydroxylation is 1. The zero-order valence-electron chi connectivity index (χ0n) is 11.2. The largest absolute Gasteiger partial charge is 0.376 e. The number of nitrogens with zero attached hydrogens (tertiary/aromatic N) is 1. The molecule has 0 aromatic heterocycles. The standard InChI is InChI=1S/C15H21NO2/c1-12-9-13(11-17)6-7-15(12)16(2)10-14-5-3-4-8-18-14/h6-7,9,11,14H,3-5,8,10H2,1-2H3. The summed E-state index contributed by atoms with van der Waals surface area (Å²) in [5.41, 5.74) is 3.05. The number of likely N-dealkylation sites (N-methyl/N-ethyl adjacent to an activating group) is 1. The number of aldehydes is 1. The molecule has 1 aromatic rings. The number of hydrogen-bond acceptors (Lipinski definition) is 3. The SMILES string of the molecule is Cc1cc(C=O)ccc1N(C)CC1CCCCO1. The van der Waals surface area contributed by atoms with Crippen LogP contribution in [0.4, 0.5) is 5.69 Å². The molecule has 1 atom stereocenters. The van der Waals surface area contributed by atoms with Crippen LogP contribution in [0.5, 0.6) is 0 Å². The van der Waals surface area contributed by atoms with Gasteiger partial charge >= 0.3 is 0 Å². The van der Waals surface area contributed by atoms with E-state index in [-0.39, 0.29) is 0 Å². The smallest absolute Gasteiger partial charge is 0.150 e. The average Bonchev–Trinajstić information content (AvgIpc) is 2.39. The maximum absolute atomic E-state index is 10.7. The number of ether oxygens (including phenoxy) is 1. The molecule has 0 N–H and O–H groups in total. The molecule has 18 heavy (non-hydrogen) atoms. The first-order valence-corrected chi connectivity index (χ1v) is 6.59. The number of rotatable bonds is 4. The maximum atomic E-state index is 10.7. The molecular weight excluding hydrogens is 226 g/mol. The van der Waals surface area contributed by atoms with Crippen LogP contribution < -0.4 is 4.90 Å². The van der Waals surface area contributed by atoms with E-state index in [1.54, 1.807) is 0 Å². The third kappa shape index (κ3) is 3.10. The van der Waals surface area contributed by atoms with Crippen LogP contribution in [0.2, 0.25) is 0 Å². The van der Waals surface area contributed by atoms with Gasteiger partial charge in [0.2, 0.25) is 0 Å². The Kier molecular flexibility index (Phi) is 4.37. The Hall–Kier alpha value is -1.35. The van der Waals surface area contributed by atoms with E-state index in [0.717, 1.165) is 37.0 Å². The summed E-state index contributed by atoms with van der Waals surface area (Å²) in [5, 5.41) is 0. The van der Waals surface area contributed by atoms with Crippen LogP contribution in [0.3, 0.4) is 0 Å². The van der Waals surface area contributed by atoms with E-state index in [0.29, 0.717) is 6.10 Å². The number of carbonyl (C=O) groups is 1. The molecule has 1 heterocycles. The maximum Gasteiger partial charge on any atom is 0.150 e. The summed E-state index contributed by atoms with van der Waals surface area (Å²) in [6.07, 6.45) is 4.83. The molecule has 3 nitrogen and oxygen atoms in total. The van der Waals surface area contributed by atoms with Gasteiger partial charge in [0.25, 0.3) is 0 Å². The summed E-state index contributed by atoms with van der Waals surface area (Å²) < 4.78 is 5.76. The van der Waals surface area contributed by atoms with Gasteiger partial charge in [-0.05, 0) is 49.9 Å². The van der Waals surface area contributed by atoms with E-state index in [2.05, 4.69) is 11.9 Å². The Labute approximate surface area is 109 Å². The van der Waals surface area contributed by atoms with Crippen LogP contribution >= 0.6 is 0 Å². The minimum absolute atomic E-state index is 0.342. The Bertz CT molecular complexity index is 411. The van der Waals surface area contributed by atoms with Crippen molar-refractivity contribution in [1.29, 1.82) is 0 Å². The molecule has 1 aromatic carbocycles. The first-order valence-electron chi connectivity index (χ1n) is 6.59. The molecule has 0 saturated carbocycles. The molecular formula is C15H21NO2. The highest BCUT2D eigenvalue weighted by atomic mass is 16.5. The second-order valence-electron chi connectivity index (χ2n) is 5.03. The third-order valence-electron chi connectivity index (χ3n) is 3.52. The van der Waals surface area contributed by atoms with Crippen molar-refractivity contribution in [1.82, 2.24) is 0 Å². The van der Waals surface area contributed by atoms with Gasteiger partial charge in [0.05, 0.1) is 6.10 Å². The monoisotopic (exact) mass is 247 g/mol. The van der Waals surface area contributed by atoms with E-state index in [4.69, 9.17) is 4.74 Å². The highest BCUT2D eigenvalue weighted by Crippen LogP contribution is 2.22. The van der Waals surface area contributed by atoms with Gasteiger partial charge < -0.3 is 9.64 Å². The molecule has 1 aliphatic heterocycles. The lowest BCUT2D eigenvalue weighted by Gasteiger charge is -2.29. The van der Waals surface area contributed by atoms with Crippen molar-refractivity contribution >= 4 is 12.0 Å². The van der Waals surface area contributed by atoms with E-state index in [1.165, 1.54) is 18.5 Å².